The minimum Gasteiger partial charge on any atom is -0.497 e. The number of amides is 1. The Morgan fingerprint density at radius 2 is 1.81 bits per heavy atom. The molecule has 0 aliphatic heterocycles. The lowest BCUT2D eigenvalue weighted by atomic mass is 9.90. The number of rotatable bonds is 8. The molecule has 2 heterocycles. The van der Waals surface area contributed by atoms with Crippen LogP contribution in [0.5, 0.6) is 5.75 Å². The first-order valence-corrected chi connectivity index (χ1v) is 12.3. The van der Waals surface area contributed by atoms with Crippen molar-refractivity contribution in [1.82, 2.24) is 20.1 Å². The van der Waals surface area contributed by atoms with Gasteiger partial charge in [0.1, 0.15) is 5.75 Å². The number of para-hydroxylation sites is 2. The maximum absolute atomic E-state index is 13.5. The van der Waals surface area contributed by atoms with E-state index in [0.29, 0.717) is 18.0 Å². The van der Waals surface area contributed by atoms with Crippen LogP contribution in [0.2, 0.25) is 0 Å². The van der Waals surface area contributed by atoms with Crippen LogP contribution in [0.4, 0.5) is 0 Å². The highest BCUT2D eigenvalue weighted by Crippen LogP contribution is 2.42. The Bertz CT molecular complexity index is 1500. The van der Waals surface area contributed by atoms with Crippen LogP contribution >= 0.6 is 0 Å². The molecule has 0 spiro atoms. The standard InChI is InChI=1S/C30H28N4O2/c1-36-23-15-13-20(14-16-23)25(26-18-31-28-10-6-5-9-24(26)28)17-32-30(35)27-19-33-34(29(27)21-11-12-21)22-7-3-2-4-8-22/h2-10,13-16,18-19,21,25,31H,11-12,17H2,1H3,(H,32,35). The van der Waals surface area contributed by atoms with Crippen LogP contribution < -0.4 is 10.1 Å². The maximum Gasteiger partial charge on any atom is 0.254 e. The Hall–Kier alpha value is -4.32. The van der Waals surface area contributed by atoms with Gasteiger partial charge in [-0.1, -0.05) is 48.5 Å². The first-order valence-electron chi connectivity index (χ1n) is 12.3. The SMILES string of the molecule is COc1ccc(C(CNC(=O)c2cnn(-c3ccccc3)c2C2CC2)c2c[nH]c3ccccc23)cc1. The number of carbonyl (C=O) groups excluding carboxylic acids is 1. The molecule has 1 saturated carbocycles. The van der Waals surface area contributed by atoms with Crippen molar-refractivity contribution in [3.63, 3.8) is 0 Å². The van der Waals surface area contributed by atoms with Gasteiger partial charge >= 0.3 is 0 Å². The summed E-state index contributed by atoms with van der Waals surface area (Å²) < 4.78 is 7.28. The summed E-state index contributed by atoms with van der Waals surface area (Å²) in [4.78, 5) is 16.9. The molecular weight excluding hydrogens is 448 g/mol. The molecular formula is C30H28N4O2. The fourth-order valence-corrected chi connectivity index (χ4v) is 4.97. The second kappa shape index (κ2) is 9.38. The number of hydrogen-bond donors (Lipinski definition) is 2. The zero-order valence-electron chi connectivity index (χ0n) is 20.1. The third-order valence-corrected chi connectivity index (χ3v) is 7.00. The first kappa shape index (κ1) is 22.2. The Morgan fingerprint density at radius 3 is 2.56 bits per heavy atom. The maximum atomic E-state index is 13.5. The van der Waals surface area contributed by atoms with Crippen LogP contribution in [0.3, 0.4) is 0 Å². The Morgan fingerprint density at radius 1 is 1.06 bits per heavy atom. The monoisotopic (exact) mass is 476 g/mol. The van der Waals surface area contributed by atoms with Gasteiger partial charge in [0.25, 0.3) is 5.91 Å². The largest absolute Gasteiger partial charge is 0.497 e. The fourth-order valence-electron chi connectivity index (χ4n) is 4.97. The van der Waals surface area contributed by atoms with E-state index in [1.165, 1.54) is 0 Å². The smallest absolute Gasteiger partial charge is 0.254 e. The van der Waals surface area contributed by atoms with Crippen LogP contribution in [0.1, 0.15) is 51.9 Å². The van der Waals surface area contributed by atoms with Gasteiger partial charge < -0.3 is 15.0 Å². The second-order valence-corrected chi connectivity index (χ2v) is 9.29. The van der Waals surface area contributed by atoms with Crippen molar-refractivity contribution in [3.8, 4) is 11.4 Å². The van der Waals surface area contributed by atoms with Crippen molar-refractivity contribution in [2.75, 3.05) is 13.7 Å². The number of hydrogen-bond acceptors (Lipinski definition) is 3. The summed E-state index contributed by atoms with van der Waals surface area (Å²) in [5.74, 6) is 1.07. The summed E-state index contributed by atoms with van der Waals surface area (Å²) in [7, 11) is 1.67. The lowest BCUT2D eigenvalue weighted by Crippen LogP contribution is -2.29. The van der Waals surface area contributed by atoms with E-state index in [4.69, 9.17) is 4.74 Å². The van der Waals surface area contributed by atoms with Crippen molar-refractivity contribution < 1.29 is 9.53 Å². The normalized spacial score (nSPS) is 14.0. The number of nitrogens with one attached hydrogen (secondary N) is 2. The van der Waals surface area contributed by atoms with Crippen LogP contribution in [0, 0.1) is 0 Å². The van der Waals surface area contributed by atoms with Crippen LogP contribution in [-0.2, 0) is 0 Å². The number of aromatic nitrogens is 3. The van der Waals surface area contributed by atoms with Gasteiger partial charge in [-0.25, -0.2) is 4.68 Å². The molecule has 1 fully saturated rings. The van der Waals surface area contributed by atoms with E-state index in [0.717, 1.165) is 52.0 Å². The molecule has 1 aliphatic rings. The fraction of sp³-hybridized carbons (Fsp3) is 0.200. The predicted molar refractivity (Wildman–Crippen MR) is 141 cm³/mol. The summed E-state index contributed by atoms with van der Waals surface area (Å²) >= 11 is 0. The number of benzene rings is 3. The van der Waals surface area contributed by atoms with E-state index in [9.17, 15) is 4.79 Å². The number of fused-ring (bicyclic) bond motifs is 1. The zero-order valence-corrected chi connectivity index (χ0v) is 20.1. The van der Waals surface area contributed by atoms with Gasteiger partial charge in [0.05, 0.1) is 30.3 Å². The molecule has 1 aliphatic carbocycles. The Kier molecular flexibility index (Phi) is 5.77. The number of methoxy groups -OCH3 is 1. The molecule has 0 radical (unpaired) electrons. The number of carbonyl (C=O) groups is 1. The molecule has 0 bridgehead atoms. The van der Waals surface area contributed by atoms with E-state index >= 15 is 0 Å². The van der Waals surface area contributed by atoms with Crippen molar-refractivity contribution in [3.05, 3.63) is 114 Å². The minimum absolute atomic E-state index is 0.0236. The summed E-state index contributed by atoms with van der Waals surface area (Å²) in [6.45, 7) is 0.466. The third-order valence-electron chi connectivity index (χ3n) is 7.00. The van der Waals surface area contributed by atoms with Gasteiger partial charge in [-0.2, -0.15) is 5.10 Å². The molecule has 1 unspecified atom stereocenters. The summed E-state index contributed by atoms with van der Waals surface area (Å²) in [6, 6.07) is 26.4. The Labute approximate surface area is 209 Å². The number of nitrogens with zero attached hydrogens (tertiary/aromatic N) is 2. The molecule has 2 N–H and O–H groups in total. The van der Waals surface area contributed by atoms with E-state index in [1.54, 1.807) is 13.3 Å². The van der Waals surface area contributed by atoms with Crippen LogP contribution in [0.25, 0.3) is 16.6 Å². The van der Waals surface area contributed by atoms with E-state index < -0.39 is 0 Å². The quantitative estimate of drug-likeness (QED) is 0.297. The lowest BCUT2D eigenvalue weighted by Gasteiger charge is -2.19. The van der Waals surface area contributed by atoms with Gasteiger partial charge in [0, 0.05) is 35.5 Å². The summed E-state index contributed by atoms with van der Waals surface area (Å²) in [5, 5.41) is 8.99. The van der Waals surface area contributed by atoms with Gasteiger partial charge in [-0.05, 0) is 54.3 Å². The zero-order chi connectivity index (χ0) is 24.5. The molecule has 6 nitrogen and oxygen atoms in total. The molecule has 1 atom stereocenters. The molecule has 6 rings (SSSR count). The highest BCUT2D eigenvalue weighted by atomic mass is 16.5. The van der Waals surface area contributed by atoms with E-state index in [2.05, 4.69) is 45.9 Å². The molecule has 0 saturated heterocycles. The molecule has 36 heavy (non-hydrogen) atoms. The van der Waals surface area contributed by atoms with Crippen LogP contribution in [-0.4, -0.2) is 34.3 Å². The molecule has 5 aromatic rings. The molecule has 180 valence electrons. The molecule has 2 aromatic heterocycles. The predicted octanol–water partition coefficient (Wildman–Crippen LogP) is 5.80. The second-order valence-electron chi connectivity index (χ2n) is 9.29. The van der Waals surface area contributed by atoms with Gasteiger partial charge in [-0.15, -0.1) is 0 Å². The van der Waals surface area contributed by atoms with Crippen molar-refractivity contribution in [1.29, 1.82) is 0 Å². The molecule has 1 amide bonds. The number of aromatic amines is 1. The van der Waals surface area contributed by atoms with Gasteiger partial charge in [0.2, 0.25) is 0 Å². The van der Waals surface area contributed by atoms with Crippen molar-refractivity contribution in [2.24, 2.45) is 0 Å². The average molecular weight is 477 g/mol. The van der Waals surface area contributed by atoms with Gasteiger partial charge in [-0.3, -0.25) is 4.79 Å². The number of H-pyrrole nitrogens is 1. The topological polar surface area (TPSA) is 71.9 Å². The van der Waals surface area contributed by atoms with Crippen molar-refractivity contribution >= 4 is 16.8 Å². The summed E-state index contributed by atoms with van der Waals surface area (Å²) in [6.07, 6.45) is 5.93. The molecule has 6 heteroatoms. The average Bonchev–Trinajstić information content (AvgIpc) is 3.53. The minimum atomic E-state index is -0.0857. The first-order chi connectivity index (χ1) is 17.7. The van der Waals surface area contributed by atoms with Crippen molar-refractivity contribution in [2.45, 2.75) is 24.7 Å². The highest BCUT2D eigenvalue weighted by molar-refractivity contribution is 5.95. The Balaban J connectivity index is 1.31. The highest BCUT2D eigenvalue weighted by Gasteiger charge is 2.33. The third kappa shape index (κ3) is 4.15. The van der Waals surface area contributed by atoms with Crippen LogP contribution in [0.15, 0.2) is 91.3 Å². The number of ether oxygens (including phenoxy) is 1. The lowest BCUT2D eigenvalue weighted by molar-refractivity contribution is 0.0951. The molecule has 3 aromatic carbocycles. The van der Waals surface area contributed by atoms with Gasteiger partial charge in [0.15, 0.2) is 0 Å². The summed E-state index contributed by atoms with van der Waals surface area (Å²) in [5.41, 5.74) is 5.99. The van der Waals surface area contributed by atoms with E-state index in [-0.39, 0.29) is 11.8 Å². The van der Waals surface area contributed by atoms with E-state index in [1.807, 2.05) is 59.3 Å².